The number of fused-ring (bicyclic) bond motifs is 2. The van der Waals surface area contributed by atoms with E-state index < -0.39 is 0 Å². The molecule has 0 bridgehead atoms. The van der Waals surface area contributed by atoms with Crippen LogP contribution >= 0.6 is 22.9 Å². The molecule has 1 saturated carbocycles. The van der Waals surface area contributed by atoms with Crippen molar-refractivity contribution in [3.05, 3.63) is 69.3 Å². The van der Waals surface area contributed by atoms with Crippen LogP contribution in [0.5, 0.6) is 0 Å². The SMILES string of the molecule is O=C1c2cccc(-c3cscn3)c2CN1CCc1nc2cc(Cl)ccc2n1C1CC1. The molecule has 0 N–H and O–H groups in total. The van der Waals surface area contributed by atoms with Crippen LogP contribution in [0.3, 0.4) is 0 Å². The molecular formula is C23H19ClN4OS. The van der Waals surface area contributed by atoms with E-state index in [2.05, 4.69) is 21.7 Å². The zero-order valence-electron chi connectivity index (χ0n) is 16.2. The van der Waals surface area contributed by atoms with Crippen molar-refractivity contribution in [2.24, 2.45) is 0 Å². The van der Waals surface area contributed by atoms with E-state index >= 15 is 0 Å². The minimum absolute atomic E-state index is 0.0965. The first-order valence-electron chi connectivity index (χ1n) is 10.1. The molecule has 6 rings (SSSR count). The summed E-state index contributed by atoms with van der Waals surface area (Å²) in [5, 5.41) is 2.74. The maximum Gasteiger partial charge on any atom is 0.254 e. The molecule has 0 atom stereocenters. The van der Waals surface area contributed by atoms with Gasteiger partial charge in [-0.25, -0.2) is 9.97 Å². The maximum atomic E-state index is 13.1. The Morgan fingerprint density at radius 2 is 2.03 bits per heavy atom. The number of carbonyl (C=O) groups excluding carboxylic acids is 1. The van der Waals surface area contributed by atoms with Gasteiger partial charge in [0.2, 0.25) is 0 Å². The van der Waals surface area contributed by atoms with Gasteiger partial charge >= 0.3 is 0 Å². The number of amides is 1. The van der Waals surface area contributed by atoms with Crippen molar-refractivity contribution in [2.75, 3.05) is 6.54 Å². The van der Waals surface area contributed by atoms with Crippen molar-refractivity contribution in [2.45, 2.75) is 31.8 Å². The first-order valence-corrected chi connectivity index (χ1v) is 11.5. The van der Waals surface area contributed by atoms with Gasteiger partial charge < -0.3 is 9.47 Å². The van der Waals surface area contributed by atoms with Crippen molar-refractivity contribution in [3.8, 4) is 11.3 Å². The molecule has 1 fully saturated rings. The second kappa shape index (κ2) is 6.93. The van der Waals surface area contributed by atoms with E-state index in [0.29, 0.717) is 24.2 Å². The Kier molecular flexibility index (Phi) is 4.18. The van der Waals surface area contributed by atoms with Gasteiger partial charge in [0, 0.05) is 47.1 Å². The summed E-state index contributed by atoms with van der Waals surface area (Å²) in [4.78, 5) is 24.3. The number of halogens is 1. The minimum atomic E-state index is 0.0965. The van der Waals surface area contributed by atoms with Crippen molar-refractivity contribution < 1.29 is 4.79 Å². The molecule has 0 unspecified atom stereocenters. The Morgan fingerprint density at radius 1 is 1.17 bits per heavy atom. The molecule has 2 aromatic carbocycles. The summed E-state index contributed by atoms with van der Waals surface area (Å²) in [6, 6.07) is 12.4. The fourth-order valence-corrected chi connectivity index (χ4v) is 5.15. The first kappa shape index (κ1) is 18.1. The molecule has 0 saturated heterocycles. The number of rotatable bonds is 5. The van der Waals surface area contributed by atoms with Gasteiger partial charge in [0.25, 0.3) is 5.91 Å². The molecule has 3 heterocycles. The standard InChI is InChI=1S/C23H19ClN4OS/c24-14-4-7-21-19(10-14)26-22(28(21)15-5-6-15)8-9-27-11-18-16(20-12-30-13-25-20)2-1-3-17(18)23(27)29/h1-4,7,10,12-13,15H,5-6,8-9,11H2. The normalized spacial score (nSPS) is 15.9. The summed E-state index contributed by atoms with van der Waals surface area (Å²) in [5.74, 6) is 1.14. The van der Waals surface area contributed by atoms with Crippen molar-refractivity contribution in [1.82, 2.24) is 19.4 Å². The van der Waals surface area contributed by atoms with Crippen LogP contribution in [0.1, 0.15) is 40.6 Å². The number of thiazole rings is 1. The molecule has 1 amide bonds. The van der Waals surface area contributed by atoms with Crippen LogP contribution in [0.25, 0.3) is 22.3 Å². The molecule has 5 nitrogen and oxygen atoms in total. The number of imidazole rings is 1. The highest BCUT2D eigenvalue weighted by Crippen LogP contribution is 2.39. The average molecular weight is 435 g/mol. The van der Waals surface area contributed by atoms with Crippen LogP contribution in [0.15, 0.2) is 47.3 Å². The Hall–Kier alpha value is -2.70. The fraction of sp³-hybridized carbons (Fsp3) is 0.261. The first-order chi connectivity index (χ1) is 14.7. The lowest BCUT2D eigenvalue weighted by atomic mass is 10.0. The quantitative estimate of drug-likeness (QED) is 0.425. The van der Waals surface area contributed by atoms with Crippen LogP contribution < -0.4 is 0 Å². The van der Waals surface area contributed by atoms with Gasteiger partial charge in [-0.2, -0.15) is 0 Å². The van der Waals surface area contributed by atoms with Crippen LogP contribution in [0.4, 0.5) is 0 Å². The highest BCUT2D eigenvalue weighted by molar-refractivity contribution is 7.07. The number of nitrogens with zero attached hydrogens (tertiary/aromatic N) is 4. The Bertz CT molecular complexity index is 1280. The van der Waals surface area contributed by atoms with Crippen LogP contribution in [0.2, 0.25) is 5.02 Å². The van der Waals surface area contributed by atoms with Crippen molar-refractivity contribution in [1.29, 1.82) is 0 Å². The Balaban J connectivity index is 1.28. The van der Waals surface area contributed by atoms with Crippen LogP contribution in [-0.2, 0) is 13.0 Å². The van der Waals surface area contributed by atoms with Gasteiger partial charge in [-0.1, -0.05) is 23.7 Å². The second-order valence-electron chi connectivity index (χ2n) is 7.94. The lowest BCUT2D eigenvalue weighted by Crippen LogP contribution is -2.27. The highest BCUT2D eigenvalue weighted by atomic mass is 35.5. The van der Waals surface area contributed by atoms with Gasteiger partial charge in [0.15, 0.2) is 0 Å². The van der Waals surface area contributed by atoms with Gasteiger partial charge in [-0.15, -0.1) is 11.3 Å². The number of benzene rings is 2. The summed E-state index contributed by atoms with van der Waals surface area (Å²) in [7, 11) is 0. The summed E-state index contributed by atoms with van der Waals surface area (Å²) in [5.41, 5.74) is 7.78. The molecule has 0 radical (unpaired) electrons. The number of hydrogen-bond acceptors (Lipinski definition) is 4. The predicted octanol–water partition coefficient (Wildman–Crippen LogP) is 5.35. The van der Waals surface area contributed by atoms with E-state index in [-0.39, 0.29) is 5.91 Å². The monoisotopic (exact) mass is 434 g/mol. The molecule has 0 spiro atoms. The van der Waals surface area contributed by atoms with Gasteiger partial charge in [-0.05, 0) is 42.7 Å². The molecule has 150 valence electrons. The lowest BCUT2D eigenvalue weighted by Gasteiger charge is -2.16. The molecule has 7 heteroatoms. The van der Waals surface area contributed by atoms with Gasteiger partial charge in [0.05, 0.1) is 22.2 Å². The topological polar surface area (TPSA) is 51.0 Å². The van der Waals surface area contributed by atoms with Crippen molar-refractivity contribution >= 4 is 39.9 Å². The average Bonchev–Trinajstić information content (AvgIpc) is 3.18. The molecule has 2 aliphatic rings. The zero-order chi connectivity index (χ0) is 20.2. The highest BCUT2D eigenvalue weighted by Gasteiger charge is 2.31. The molecule has 1 aliphatic carbocycles. The third-order valence-corrected chi connectivity index (χ3v) is 6.81. The number of hydrogen-bond donors (Lipinski definition) is 0. The van der Waals surface area contributed by atoms with E-state index in [1.807, 2.05) is 40.1 Å². The summed E-state index contributed by atoms with van der Waals surface area (Å²) < 4.78 is 2.35. The largest absolute Gasteiger partial charge is 0.334 e. The molecule has 2 aromatic heterocycles. The van der Waals surface area contributed by atoms with E-state index in [1.165, 1.54) is 12.8 Å². The summed E-state index contributed by atoms with van der Waals surface area (Å²) in [6.45, 7) is 1.27. The van der Waals surface area contributed by atoms with Crippen molar-refractivity contribution in [3.63, 3.8) is 0 Å². The van der Waals surface area contributed by atoms with Crippen LogP contribution in [0, 0.1) is 0 Å². The van der Waals surface area contributed by atoms with E-state index in [9.17, 15) is 4.79 Å². The van der Waals surface area contributed by atoms with Crippen LogP contribution in [-0.4, -0.2) is 31.9 Å². The molecular weight excluding hydrogens is 416 g/mol. The minimum Gasteiger partial charge on any atom is -0.334 e. The smallest absolute Gasteiger partial charge is 0.254 e. The van der Waals surface area contributed by atoms with Gasteiger partial charge in [-0.3, -0.25) is 4.79 Å². The van der Waals surface area contributed by atoms with E-state index in [4.69, 9.17) is 16.6 Å². The summed E-state index contributed by atoms with van der Waals surface area (Å²) in [6.07, 6.45) is 3.10. The molecule has 1 aliphatic heterocycles. The predicted molar refractivity (Wildman–Crippen MR) is 119 cm³/mol. The van der Waals surface area contributed by atoms with Gasteiger partial charge in [0.1, 0.15) is 5.82 Å². The maximum absolute atomic E-state index is 13.1. The Labute approximate surface area is 182 Å². The fourth-order valence-electron chi connectivity index (χ4n) is 4.43. The Morgan fingerprint density at radius 3 is 2.83 bits per heavy atom. The third kappa shape index (κ3) is 2.94. The molecule has 4 aromatic rings. The lowest BCUT2D eigenvalue weighted by molar-refractivity contribution is 0.0779. The molecule has 30 heavy (non-hydrogen) atoms. The number of aromatic nitrogens is 3. The summed E-state index contributed by atoms with van der Waals surface area (Å²) >= 11 is 7.75. The third-order valence-electron chi connectivity index (χ3n) is 5.99. The number of carbonyl (C=O) groups is 1. The van der Waals surface area contributed by atoms with E-state index in [0.717, 1.165) is 45.7 Å². The zero-order valence-corrected chi connectivity index (χ0v) is 17.8. The second-order valence-corrected chi connectivity index (χ2v) is 9.10. The van der Waals surface area contributed by atoms with E-state index in [1.54, 1.807) is 11.3 Å².